The van der Waals surface area contributed by atoms with Crippen LogP contribution in [0.15, 0.2) is 60.1 Å². The fourth-order valence-electron chi connectivity index (χ4n) is 2.46. The highest BCUT2D eigenvalue weighted by Crippen LogP contribution is 2.09. The van der Waals surface area contributed by atoms with Crippen LogP contribution in [0.3, 0.4) is 0 Å². The van der Waals surface area contributed by atoms with Crippen molar-refractivity contribution in [1.29, 1.82) is 0 Å². The third kappa shape index (κ3) is 6.02. The average Bonchev–Trinajstić information content (AvgIpc) is 3.11. The number of aryl methyl sites for hydroxylation is 1. The number of imidazole rings is 1. The van der Waals surface area contributed by atoms with Gasteiger partial charge in [-0.15, -0.1) is 24.0 Å². The Labute approximate surface area is 176 Å². The Kier molecular flexibility index (Phi) is 8.18. The third-order valence-corrected chi connectivity index (χ3v) is 3.81. The quantitative estimate of drug-likeness (QED) is 0.324. The van der Waals surface area contributed by atoms with E-state index in [1.807, 2.05) is 61.1 Å². The molecule has 0 saturated carbocycles. The van der Waals surface area contributed by atoms with Crippen LogP contribution in [-0.2, 0) is 13.1 Å². The number of nitrogens with zero attached hydrogens (tertiary/aromatic N) is 5. The van der Waals surface area contributed by atoms with Crippen LogP contribution in [0.4, 0.5) is 0 Å². The summed E-state index contributed by atoms with van der Waals surface area (Å²) in [6.45, 7) is 5.97. The largest absolute Gasteiger partial charge is 0.357 e. The van der Waals surface area contributed by atoms with Crippen molar-refractivity contribution in [3.05, 3.63) is 72.2 Å². The number of hydrogen-bond acceptors (Lipinski definition) is 4. The Morgan fingerprint density at radius 1 is 1.07 bits per heavy atom. The molecule has 0 aromatic carbocycles. The molecule has 3 aromatic heterocycles. The lowest BCUT2D eigenvalue weighted by atomic mass is 10.3. The van der Waals surface area contributed by atoms with Crippen LogP contribution in [-0.4, -0.2) is 32.0 Å². The second-order valence-corrected chi connectivity index (χ2v) is 5.74. The summed E-state index contributed by atoms with van der Waals surface area (Å²) >= 11 is 0. The summed E-state index contributed by atoms with van der Waals surface area (Å²) < 4.78 is 1.95. The molecule has 0 amide bonds. The predicted molar refractivity (Wildman–Crippen MR) is 117 cm³/mol. The number of nitrogens with one attached hydrogen (secondary N) is 2. The maximum atomic E-state index is 4.62. The lowest BCUT2D eigenvalue weighted by molar-refractivity contribution is 0.799. The van der Waals surface area contributed by atoms with Crippen LogP contribution >= 0.6 is 24.0 Å². The molecule has 3 rings (SSSR count). The minimum atomic E-state index is 0. The van der Waals surface area contributed by atoms with Crippen molar-refractivity contribution in [2.45, 2.75) is 26.9 Å². The van der Waals surface area contributed by atoms with Gasteiger partial charge in [0.1, 0.15) is 11.6 Å². The van der Waals surface area contributed by atoms with Gasteiger partial charge in [-0.2, -0.15) is 0 Å². The Morgan fingerprint density at radius 2 is 1.96 bits per heavy atom. The Balaban J connectivity index is 0.00000261. The molecule has 0 fully saturated rings. The van der Waals surface area contributed by atoms with Crippen molar-refractivity contribution in [3.8, 4) is 5.82 Å². The minimum absolute atomic E-state index is 0. The molecule has 0 atom stereocenters. The van der Waals surface area contributed by atoms with Crippen molar-refractivity contribution in [2.75, 3.05) is 6.54 Å². The van der Waals surface area contributed by atoms with E-state index in [-0.39, 0.29) is 24.0 Å². The molecular formula is C19H24IN7. The first-order chi connectivity index (χ1) is 12.8. The van der Waals surface area contributed by atoms with Crippen LogP contribution in [0.1, 0.15) is 24.0 Å². The highest BCUT2D eigenvalue weighted by Gasteiger charge is 2.03. The van der Waals surface area contributed by atoms with E-state index in [2.05, 4.69) is 30.6 Å². The van der Waals surface area contributed by atoms with Crippen LogP contribution in [0.25, 0.3) is 5.82 Å². The van der Waals surface area contributed by atoms with Crippen molar-refractivity contribution >= 4 is 29.9 Å². The average molecular weight is 477 g/mol. The molecular weight excluding hydrogens is 453 g/mol. The third-order valence-electron chi connectivity index (χ3n) is 3.81. The topological polar surface area (TPSA) is 80.0 Å². The second-order valence-electron chi connectivity index (χ2n) is 5.74. The van der Waals surface area contributed by atoms with Crippen molar-refractivity contribution in [1.82, 2.24) is 30.2 Å². The van der Waals surface area contributed by atoms with Gasteiger partial charge in [-0.3, -0.25) is 9.55 Å². The molecule has 7 nitrogen and oxygen atoms in total. The van der Waals surface area contributed by atoms with E-state index in [9.17, 15) is 0 Å². The van der Waals surface area contributed by atoms with Crippen molar-refractivity contribution < 1.29 is 0 Å². The van der Waals surface area contributed by atoms with Gasteiger partial charge in [0, 0.05) is 31.3 Å². The highest BCUT2D eigenvalue weighted by molar-refractivity contribution is 14.0. The maximum absolute atomic E-state index is 4.62. The number of guanidine groups is 1. The fraction of sp³-hybridized carbons (Fsp3) is 0.263. The standard InChI is InChI=1S/C19H23N7.HI/c1-3-20-19(25-14-17-6-4-5-9-22-17)24-13-16-7-8-18(23-12-16)26-11-10-21-15(26)2;/h4-12H,3,13-14H2,1-2H3,(H2,20,24,25);1H. The van der Waals surface area contributed by atoms with Crippen molar-refractivity contribution in [3.63, 3.8) is 0 Å². The lowest BCUT2D eigenvalue weighted by Gasteiger charge is -2.11. The molecule has 0 bridgehead atoms. The van der Waals surface area contributed by atoms with E-state index >= 15 is 0 Å². The van der Waals surface area contributed by atoms with E-state index in [0.29, 0.717) is 13.1 Å². The van der Waals surface area contributed by atoms with Crippen LogP contribution in [0.2, 0.25) is 0 Å². The van der Waals surface area contributed by atoms with Crippen LogP contribution in [0.5, 0.6) is 0 Å². The molecule has 0 unspecified atom stereocenters. The molecule has 3 aromatic rings. The number of aliphatic imine (C=N–C) groups is 1. The van der Waals surface area contributed by atoms with E-state index in [0.717, 1.165) is 35.4 Å². The van der Waals surface area contributed by atoms with E-state index in [1.165, 1.54) is 0 Å². The lowest BCUT2D eigenvalue weighted by Crippen LogP contribution is -2.37. The van der Waals surface area contributed by atoms with Gasteiger partial charge in [-0.05, 0) is 37.6 Å². The second kappa shape index (κ2) is 10.6. The van der Waals surface area contributed by atoms with Crippen LogP contribution < -0.4 is 10.6 Å². The molecule has 27 heavy (non-hydrogen) atoms. The molecule has 3 heterocycles. The Morgan fingerprint density at radius 3 is 2.59 bits per heavy atom. The molecule has 0 aliphatic carbocycles. The summed E-state index contributed by atoms with van der Waals surface area (Å²) in [7, 11) is 0. The van der Waals surface area contributed by atoms with Gasteiger partial charge in [0.05, 0.1) is 18.8 Å². The van der Waals surface area contributed by atoms with Gasteiger partial charge >= 0.3 is 0 Å². The maximum Gasteiger partial charge on any atom is 0.191 e. The minimum Gasteiger partial charge on any atom is -0.357 e. The molecule has 142 valence electrons. The SMILES string of the molecule is CCNC(=NCc1ccc(-n2ccnc2C)nc1)NCc1ccccn1.I. The fourth-order valence-corrected chi connectivity index (χ4v) is 2.46. The zero-order chi connectivity index (χ0) is 18.2. The number of pyridine rings is 2. The molecule has 0 spiro atoms. The number of hydrogen-bond donors (Lipinski definition) is 2. The molecule has 0 aliphatic rings. The summed E-state index contributed by atoms with van der Waals surface area (Å²) in [6, 6.07) is 9.88. The summed E-state index contributed by atoms with van der Waals surface area (Å²) in [5.41, 5.74) is 2.02. The van der Waals surface area contributed by atoms with Gasteiger partial charge in [0.15, 0.2) is 5.96 Å². The number of aromatic nitrogens is 4. The smallest absolute Gasteiger partial charge is 0.191 e. The first-order valence-electron chi connectivity index (χ1n) is 8.63. The normalized spacial score (nSPS) is 11.0. The first-order valence-corrected chi connectivity index (χ1v) is 8.63. The van der Waals surface area contributed by atoms with E-state index in [4.69, 9.17) is 0 Å². The Bertz CT molecular complexity index is 844. The summed E-state index contributed by atoms with van der Waals surface area (Å²) in [6.07, 6.45) is 7.31. The predicted octanol–water partition coefficient (Wildman–Crippen LogP) is 2.84. The van der Waals surface area contributed by atoms with E-state index in [1.54, 1.807) is 12.4 Å². The molecule has 2 N–H and O–H groups in total. The summed E-state index contributed by atoms with van der Waals surface area (Å²) in [4.78, 5) is 17.6. The van der Waals surface area contributed by atoms with Gasteiger partial charge in [0.2, 0.25) is 0 Å². The van der Waals surface area contributed by atoms with Gasteiger partial charge in [0.25, 0.3) is 0 Å². The molecule has 8 heteroatoms. The first kappa shape index (κ1) is 20.8. The van der Waals surface area contributed by atoms with Gasteiger partial charge < -0.3 is 10.6 Å². The van der Waals surface area contributed by atoms with E-state index < -0.39 is 0 Å². The van der Waals surface area contributed by atoms with Gasteiger partial charge in [-0.1, -0.05) is 12.1 Å². The molecule has 0 saturated heterocycles. The summed E-state index contributed by atoms with van der Waals surface area (Å²) in [5.74, 6) is 2.53. The Hall–Kier alpha value is -2.49. The van der Waals surface area contributed by atoms with Crippen LogP contribution in [0, 0.1) is 6.92 Å². The zero-order valence-electron chi connectivity index (χ0n) is 15.5. The number of halogens is 1. The summed E-state index contributed by atoms with van der Waals surface area (Å²) in [5, 5.41) is 6.53. The van der Waals surface area contributed by atoms with Gasteiger partial charge in [-0.25, -0.2) is 15.0 Å². The molecule has 0 aliphatic heterocycles. The van der Waals surface area contributed by atoms with Crippen molar-refractivity contribution in [2.24, 2.45) is 4.99 Å². The zero-order valence-corrected chi connectivity index (χ0v) is 17.8. The monoisotopic (exact) mass is 477 g/mol. The highest BCUT2D eigenvalue weighted by atomic mass is 127. The number of rotatable bonds is 6. The molecule has 0 radical (unpaired) electrons.